The molecule has 1 heterocycles. The number of hydrogen-bond acceptors (Lipinski definition) is 4. The molecule has 0 aromatic rings. The molecule has 0 aliphatic carbocycles. The Morgan fingerprint density at radius 2 is 2.16 bits per heavy atom. The molecule has 0 bridgehead atoms. The lowest BCUT2D eigenvalue weighted by atomic mass is 10.1. The molecule has 4 heteroatoms. The van der Waals surface area contributed by atoms with E-state index in [1.165, 1.54) is 0 Å². The Morgan fingerprint density at radius 1 is 1.42 bits per heavy atom. The Kier molecular flexibility index (Phi) is 6.64. The molecule has 0 N–H and O–H groups in total. The van der Waals surface area contributed by atoms with Crippen molar-refractivity contribution in [3.63, 3.8) is 0 Å². The van der Waals surface area contributed by atoms with Gasteiger partial charge in [0, 0.05) is 6.42 Å². The van der Waals surface area contributed by atoms with Gasteiger partial charge in [0.05, 0.1) is 26.0 Å². The number of rotatable bonds is 8. The summed E-state index contributed by atoms with van der Waals surface area (Å²) in [6.45, 7) is 11.8. The van der Waals surface area contributed by atoms with E-state index >= 15 is 0 Å². The first-order chi connectivity index (χ1) is 9.13. The molecule has 1 saturated heterocycles. The van der Waals surface area contributed by atoms with Gasteiger partial charge in [0.15, 0.2) is 11.5 Å². The second-order valence-electron chi connectivity index (χ2n) is 4.86. The van der Waals surface area contributed by atoms with Crippen LogP contribution in [-0.4, -0.2) is 31.3 Å². The van der Waals surface area contributed by atoms with E-state index in [1.54, 1.807) is 12.3 Å². The van der Waals surface area contributed by atoms with Gasteiger partial charge in [-0.15, -0.1) is 0 Å². The van der Waals surface area contributed by atoms with Crippen molar-refractivity contribution in [2.24, 2.45) is 4.99 Å². The first-order valence-corrected chi connectivity index (χ1v) is 6.92. The van der Waals surface area contributed by atoms with Crippen molar-refractivity contribution in [1.82, 2.24) is 0 Å². The molecule has 0 atom stereocenters. The minimum atomic E-state index is -0.222. The van der Waals surface area contributed by atoms with Crippen molar-refractivity contribution in [2.45, 2.75) is 45.6 Å². The van der Waals surface area contributed by atoms with Gasteiger partial charge in [0.25, 0.3) is 0 Å². The Morgan fingerprint density at radius 3 is 2.63 bits per heavy atom. The zero-order valence-electron chi connectivity index (χ0n) is 12.3. The van der Waals surface area contributed by atoms with E-state index in [4.69, 9.17) is 14.2 Å². The van der Waals surface area contributed by atoms with E-state index in [2.05, 4.69) is 18.5 Å². The largest absolute Gasteiger partial charge is 0.492 e. The van der Waals surface area contributed by atoms with Gasteiger partial charge in [-0.2, -0.15) is 0 Å². The number of hydrogen-bond donors (Lipinski definition) is 0. The first kappa shape index (κ1) is 15.8. The summed E-state index contributed by atoms with van der Waals surface area (Å²) in [5, 5.41) is 0. The van der Waals surface area contributed by atoms with Crippen LogP contribution in [0.4, 0.5) is 0 Å². The molecule has 1 aliphatic rings. The lowest BCUT2D eigenvalue weighted by molar-refractivity contribution is -0.157. The maximum absolute atomic E-state index is 5.83. The molecule has 0 radical (unpaired) electrons. The lowest BCUT2D eigenvalue weighted by Gasteiger charge is -2.38. The molecule has 4 nitrogen and oxygen atoms in total. The fourth-order valence-electron chi connectivity index (χ4n) is 1.54. The van der Waals surface area contributed by atoms with Crippen LogP contribution in [0.3, 0.4) is 0 Å². The third-order valence-corrected chi connectivity index (χ3v) is 2.79. The van der Waals surface area contributed by atoms with Crippen LogP contribution in [0.15, 0.2) is 29.6 Å². The quantitative estimate of drug-likeness (QED) is 0.222. The zero-order valence-corrected chi connectivity index (χ0v) is 12.3. The van der Waals surface area contributed by atoms with Crippen LogP contribution in [0.25, 0.3) is 0 Å². The molecule has 1 fully saturated rings. The fourth-order valence-corrected chi connectivity index (χ4v) is 1.54. The van der Waals surface area contributed by atoms with Gasteiger partial charge in [-0.3, -0.25) is 0 Å². The predicted molar refractivity (Wildman–Crippen MR) is 77.2 cm³/mol. The average molecular weight is 267 g/mol. The zero-order chi connectivity index (χ0) is 14.1. The van der Waals surface area contributed by atoms with E-state index in [0.29, 0.717) is 31.5 Å². The van der Waals surface area contributed by atoms with Gasteiger partial charge < -0.3 is 14.2 Å². The van der Waals surface area contributed by atoms with E-state index in [1.807, 2.05) is 13.8 Å². The van der Waals surface area contributed by atoms with Crippen LogP contribution in [0.5, 0.6) is 0 Å². The van der Waals surface area contributed by atoms with Gasteiger partial charge >= 0.3 is 0 Å². The second-order valence-corrected chi connectivity index (χ2v) is 4.86. The lowest BCUT2D eigenvalue weighted by Crippen LogP contribution is -2.50. The van der Waals surface area contributed by atoms with Crippen molar-refractivity contribution in [1.29, 1.82) is 0 Å². The molecule has 1 aliphatic heterocycles. The van der Waals surface area contributed by atoms with Crippen molar-refractivity contribution < 1.29 is 14.2 Å². The third kappa shape index (κ3) is 5.47. The molecular weight excluding hydrogens is 242 g/mol. The highest BCUT2D eigenvalue weighted by molar-refractivity contribution is 5.77. The standard InChI is InChI=1S/C15H25NO3/c1-5-8-9-18-13(6-2)10-16-14(7-3)19-15(4)11-17-12-15/h6,10H,2,5,7-9,11-12H2,1,3-4H3/b13-10+,16-14?. The van der Waals surface area contributed by atoms with Gasteiger partial charge in [0.2, 0.25) is 0 Å². The smallest absolute Gasteiger partial charge is 0.188 e. The number of allylic oxidation sites excluding steroid dienone is 1. The summed E-state index contributed by atoms with van der Waals surface area (Å²) in [4.78, 5) is 4.34. The Hall–Kier alpha value is -1.29. The third-order valence-electron chi connectivity index (χ3n) is 2.79. The summed E-state index contributed by atoms with van der Waals surface area (Å²) in [6, 6.07) is 0. The predicted octanol–water partition coefficient (Wildman–Crippen LogP) is 3.44. The molecule has 0 amide bonds. The maximum Gasteiger partial charge on any atom is 0.188 e. The van der Waals surface area contributed by atoms with Gasteiger partial charge in [-0.05, 0) is 19.4 Å². The highest BCUT2D eigenvalue weighted by atomic mass is 16.6. The summed E-state index contributed by atoms with van der Waals surface area (Å²) in [5.74, 6) is 1.38. The Balaban J connectivity index is 2.54. The second kappa shape index (κ2) is 8.00. The van der Waals surface area contributed by atoms with Gasteiger partial charge in [0.1, 0.15) is 5.76 Å². The summed E-state index contributed by atoms with van der Waals surface area (Å²) in [5.41, 5.74) is -0.222. The number of unbranched alkanes of at least 4 members (excludes halogenated alkanes) is 1. The summed E-state index contributed by atoms with van der Waals surface area (Å²) in [7, 11) is 0. The van der Waals surface area contributed by atoms with Gasteiger partial charge in [-0.1, -0.05) is 26.8 Å². The molecule has 1 rings (SSSR count). The van der Waals surface area contributed by atoms with Crippen molar-refractivity contribution in [3.05, 3.63) is 24.6 Å². The minimum absolute atomic E-state index is 0.222. The SMILES string of the molecule is C=C/C(=C\N=C(CC)OC1(C)COC1)OCCCC. The van der Waals surface area contributed by atoms with Crippen LogP contribution in [0.2, 0.25) is 0 Å². The summed E-state index contributed by atoms with van der Waals surface area (Å²) in [6.07, 6.45) is 6.22. The number of aliphatic imine (C=N–C) groups is 1. The van der Waals surface area contributed by atoms with Crippen molar-refractivity contribution in [2.75, 3.05) is 19.8 Å². The fraction of sp³-hybridized carbons (Fsp3) is 0.667. The van der Waals surface area contributed by atoms with E-state index in [9.17, 15) is 0 Å². The van der Waals surface area contributed by atoms with Crippen molar-refractivity contribution >= 4 is 5.90 Å². The highest BCUT2D eigenvalue weighted by Crippen LogP contribution is 2.21. The van der Waals surface area contributed by atoms with Crippen LogP contribution in [0.1, 0.15) is 40.0 Å². The molecule has 0 unspecified atom stereocenters. The van der Waals surface area contributed by atoms with Crippen LogP contribution in [0, 0.1) is 0 Å². The molecule has 19 heavy (non-hydrogen) atoms. The normalized spacial score (nSPS) is 18.7. The van der Waals surface area contributed by atoms with Crippen LogP contribution >= 0.6 is 0 Å². The van der Waals surface area contributed by atoms with Crippen LogP contribution < -0.4 is 0 Å². The monoisotopic (exact) mass is 267 g/mol. The van der Waals surface area contributed by atoms with Gasteiger partial charge in [-0.25, -0.2) is 4.99 Å². The average Bonchev–Trinajstić information content (AvgIpc) is 2.39. The van der Waals surface area contributed by atoms with E-state index in [0.717, 1.165) is 19.3 Å². The number of nitrogens with zero attached hydrogens (tertiary/aromatic N) is 1. The molecule has 0 saturated carbocycles. The number of ether oxygens (including phenoxy) is 3. The molecule has 0 aromatic heterocycles. The maximum atomic E-state index is 5.83. The molecule has 108 valence electrons. The highest BCUT2D eigenvalue weighted by Gasteiger charge is 2.36. The Labute approximate surface area is 116 Å². The van der Waals surface area contributed by atoms with E-state index < -0.39 is 0 Å². The molecule has 0 spiro atoms. The molecular formula is C15H25NO3. The summed E-state index contributed by atoms with van der Waals surface area (Å²) >= 11 is 0. The van der Waals surface area contributed by atoms with Crippen LogP contribution in [-0.2, 0) is 14.2 Å². The molecule has 0 aromatic carbocycles. The Bertz CT molecular complexity index is 343. The summed E-state index contributed by atoms with van der Waals surface area (Å²) < 4.78 is 16.5. The topological polar surface area (TPSA) is 40.0 Å². The van der Waals surface area contributed by atoms with Crippen molar-refractivity contribution in [3.8, 4) is 0 Å². The minimum Gasteiger partial charge on any atom is -0.492 e. The van der Waals surface area contributed by atoms with E-state index in [-0.39, 0.29) is 5.60 Å². The first-order valence-electron chi connectivity index (χ1n) is 6.92.